The molecular weight excluding hydrogens is 356 g/mol. The summed E-state index contributed by atoms with van der Waals surface area (Å²) in [5.74, 6) is -3.07. The average molecular weight is 381 g/mol. The molecule has 1 aromatic carbocycles. The van der Waals surface area contributed by atoms with Crippen LogP contribution < -0.4 is 4.74 Å². The van der Waals surface area contributed by atoms with Crippen molar-refractivity contribution in [3.63, 3.8) is 0 Å². The first-order valence-corrected chi connectivity index (χ1v) is 9.19. The van der Waals surface area contributed by atoms with Gasteiger partial charge < -0.3 is 14.4 Å². The van der Waals surface area contributed by atoms with Crippen LogP contribution in [0, 0.1) is 17.6 Å². The van der Waals surface area contributed by atoms with Gasteiger partial charge in [-0.1, -0.05) is 0 Å². The highest BCUT2D eigenvalue weighted by Crippen LogP contribution is 2.41. The molecule has 2 aliphatic heterocycles. The first-order chi connectivity index (χ1) is 12.6. The molecule has 5 nitrogen and oxygen atoms in total. The molecule has 2 saturated heterocycles. The molecule has 1 amide bonds. The van der Waals surface area contributed by atoms with E-state index in [2.05, 4.69) is 0 Å². The summed E-state index contributed by atoms with van der Waals surface area (Å²) in [5.41, 5.74) is -0.480. The van der Waals surface area contributed by atoms with Gasteiger partial charge in [-0.05, 0) is 58.6 Å². The van der Waals surface area contributed by atoms with Crippen LogP contribution in [0.1, 0.15) is 56.8 Å². The van der Waals surface area contributed by atoms with E-state index in [0.29, 0.717) is 12.8 Å². The van der Waals surface area contributed by atoms with E-state index in [4.69, 9.17) is 9.47 Å². The molecule has 2 fully saturated rings. The number of fused-ring (bicyclic) bond motifs is 2. The van der Waals surface area contributed by atoms with Crippen molar-refractivity contribution in [3.05, 3.63) is 29.3 Å². The number of nitrogens with zero attached hydrogens (tertiary/aromatic N) is 1. The van der Waals surface area contributed by atoms with E-state index in [0.717, 1.165) is 18.9 Å². The van der Waals surface area contributed by atoms with Crippen molar-refractivity contribution in [2.45, 2.75) is 64.1 Å². The molecule has 2 aliphatic rings. The van der Waals surface area contributed by atoms with Gasteiger partial charge in [-0.15, -0.1) is 0 Å². The molecule has 27 heavy (non-hydrogen) atoms. The third-order valence-corrected chi connectivity index (χ3v) is 5.21. The minimum atomic E-state index is -1.10. The van der Waals surface area contributed by atoms with Crippen LogP contribution in [0.4, 0.5) is 13.6 Å². The Labute approximate surface area is 157 Å². The van der Waals surface area contributed by atoms with Gasteiger partial charge in [0.05, 0.1) is 7.11 Å². The lowest BCUT2D eigenvalue weighted by molar-refractivity contribution is 0.00254. The van der Waals surface area contributed by atoms with E-state index in [1.165, 1.54) is 13.2 Å². The quantitative estimate of drug-likeness (QED) is 0.731. The number of rotatable bonds is 3. The summed E-state index contributed by atoms with van der Waals surface area (Å²) in [6, 6.07) is 2.02. The Morgan fingerprint density at radius 2 is 1.70 bits per heavy atom. The largest absolute Gasteiger partial charge is 0.494 e. The SMILES string of the molecule is COc1cc(C(=O)C2CC3CCC(C2)N3C(=O)OC(C)(C)C)cc(F)c1F. The number of benzene rings is 1. The fourth-order valence-corrected chi connectivity index (χ4v) is 4.09. The third kappa shape index (κ3) is 3.92. The van der Waals surface area contributed by atoms with Gasteiger partial charge in [-0.25, -0.2) is 9.18 Å². The van der Waals surface area contributed by atoms with Crippen LogP contribution in [-0.4, -0.2) is 41.6 Å². The maximum absolute atomic E-state index is 13.8. The lowest BCUT2D eigenvalue weighted by Crippen LogP contribution is -2.49. The second-order valence-corrected chi connectivity index (χ2v) is 8.28. The molecule has 7 heteroatoms. The second kappa shape index (κ2) is 7.09. The number of ketones is 1. The zero-order valence-corrected chi connectivity index (χ0v) is 16.1. The molecule has 2 bridgehead atoms. The minimum absolute atomic E-state index is 0.0697. The molecule has 1 aromatic rings. The normalized spacial score (nSPS) is 24.7. The molecule has 2 atom stereocenters. The summed E-state index contributed by atoms with van der Waals surface area (Å²) in [4.78, 5) is 27.1. The third-order valence-electron chi connectivity index (χ3n) is 5.21. The van der Waals surface area contributed by atoms with Gasteiger partial charge in [0, 0.05) is 23.6 Å². The fourth-order valence-electron chi connectivity index (χ4n) is 4.09. The summed E-state index contributed by atoms with van der Waals surface area (Å²) < 4.78 is 37.7. The van der Waals surface area contributed by atoms with Crippen molar-refractivity contribution in [3.8, 4) is 5.75 Å². The molecular formula is C20H25F2NO4. The lowest BCUT2D eigenvalue weighted by Gasteiger charge is -2.39. The number of halogens is 2. The van der Waals surface area contributed by atoms with E-state index in [1.807, 2.05) is 20.8 Å². The van der Waals surface area contributed by atoms with Gasteiger partial charge in [0.2, 0.25) is 5.82 Å². The molecule has 0 saturated carbocycles. The zero-order chi connectivity index (χ0) is 19.9. The van der Waals surface area contributed by atoms with Crippen LogP contribution in [0.3, 0.4) is 0 Å². The minimum Gasteiger partial charge on any atom is -0.494 e. The average Bonchev–Trinajstić information content (AvgIpc) is 2.85. The molecule has 0 aliphatic carbocycles. The zero-order valence-electron chi connectivity index (χ0n) is 16.1. The summed E-state index contributed by atoms with van der Waals surface area (Å²) in [6.07, 6.45) is 2.27. The molecule has 148 valence electrons. The number of carbonyl (C=O) groups is 2. The van der Waals surface area contributed by atoms with Crippen molar-refractivity contribution in [1.29, 1.82) is 0 Å². The van der Waals surface area contributed by atoms with Crippen molar-refractivity contribution >= 4 is 11.9 Å². The maximum atomic E-state index is 13.8. The van der Waals surface area contributed by atoms with E-state index < -0.39 is 17.2 Å². The predicted molar refractivity (Wildman–Crippen MR) is 94.8 cm³/mol. The number of carbonyl (C=O) groups excluding carboxylic acids is 2. The molecule has 0 spiro atoms. The lowest BCUT2D eigenvalue weighted by atomic mass is 9.85. The van der Waals surface area contributed by atoms with Crippen LogP contribution >= 0.6 is 0 Å². The number of hydrogen-bond acceptors (Lipinski definition) is 4. The molecule has 0 N–H and O–H groups in total. The molecule has 0 radical (unpaired) electrons. The first kappa shape index (κ1) is 19.6. The fraction of sp³-hybridized carbons (Fsp3) is 0.600. The van der Waals surface area contributed by atoms with Crippen molar-refractivity contribution in [1.82, 2.24) is 4.90 Å². The van der Waals surface area contributed by atoms with Gasteiger partial charge in [-0.2, -0.15) is 4.39 Å². The summed E-state index contributed by atoms with van der Waals surface area (Å²) in [6.45, 7) is 5.46. The number of hydrogen-bond donors (Lipinski definition) is 0. The molecule has 2 unspecified atom stereocenters. The summed E-state index contributed by atoms with van der Waals surface area (Å²) >= 11 is 0. The number of Topliss-reactive ketones (excluding diaryl/α,β-unsaturated/α-hetero) is 1. The Balaban J connectivity index is 1.76. The van der Waals surface area contributed by atoms with Gasteiger partial charge in [-0.3, -0.25) is 4.79 Å². The highest BCUT2D eigenvalue weighted by molar-refractivity contribution is 5.98. The topological polar surface area (TPSA) is 55.8 Å². The number of ether oxygens (including phenoxy) is 2. The predicted octanol–water partition coefficient (Wildman–Crippen LogP) is 4.33. The standard InChI is InChI=1S/C20H25F2NO4/c1-20(2,3)27-19(25)23-13-5-6-14(23)8-11(7-13)18(24)12-9-15(21)17(22)16(10-12)26-4/h9-11,13-14H,5-8H2,1-4H3. The van der Waals surface area contributed by atoms with Crippen LogP contribution in [0.5, 0.6) is 5.75 Å². The van der Waals surface area contributed by atoms with Gasteiger partial charge in [0.25, 0.3) is 0 Å². The summed E-state index contributed by atoms with van der Waals surface area (Å²) in [7, 11) is 1.23. The Morgan fingerprint density at radius 3 is 2.22 bits per heavy atom. The Morgan fingerprint density at radius 1 is 1.11 bits per heavy atom. The molecule has 2 heterocycles. The second-order valence-electron chi connectivity index (χ2n) is 8.28. The number of amides is 1. The van der Waals surface area contributed by atoms with Crippen molar-refractivity contribution < 1.29 is 27.8 Å². The van der Waals surface area contributed by atoms with E-state index in [-0.39, 0.29) is 41.2 Å². The maximum Gasteiger partial charge on any atom is 0.410 e. The smallest absolute Gasteiger partial charge is 0.410 e. The van der Waals surface area contributed by atoms with Gasteiger partial charge >= 0.3 is 6.09 Å². The number of methoxy groups -OCH3 is 1. The van der Waals surface area contributed by atoms with Gasteiger partial charge in [0.1, 0.15) is 5.60 Å². The molecule has 0 aromatic heterocycles. The van der Waals surface area contributed by atoms with Gasteiger partial charge in [0.15, 0.2) is 17.3 Å². The van der Waals surface area contributed by atoms with E-state index in [9.17, 15) is 18.4 Å². The van der Waals surface area contributed by atoms with Crippen LogP contribution in [-0.2, 0) is 4.74 Å². The van der Waals surface area contributed by atoms with E-state index >= 15 is 0 Å². The van der Waals surface area contributed by atoms with Crippen molar-refractivity contribution in [2.75, 3.05) is 7.11 Å². The Hall–Kier alpha value is -2.18. The van der Waals surface area contributed by atoms with Crippen LogP contribution in [0.15, 0.2) is 12.1 Å². The molecule has 3 rings (SSSR count). The first-order valence-electron chi connectivity index (χ1n) is 9.19. The highest BCUT2D eigenvalue weighted by atomic mass is 19.2. The Kier molecular flexibility index (Phi) is 5.14. The van der Waals surface area contributed by atoms with Crippen LogP contribution in [0.2, 0.25) is 0 Å². The Bertz CT molecular complexity index is 745. The monoisotopic (exact) mass is 381 g/mol. The van der Waals surface area contributed by atoms with Crippen molar-refractivity contribution in [2.24, 2.45) is 5.92 Å². The highest BCUT2D eigenvalue weighted by Gasteiger charge is 2.46. The summed E-state index contributed by atoms with van der Waals surface area (Å²) in [5, 5.41) is 0. The van der Waals surface area contributed by atoms with Crippen LogP contribution in [0.25, 0.3) is 0 Å². The van der Waals surface area contributed by atoms with E-state index in [1.54, 1.807) is 4.90 Å². The number of piperidine rings is 1.